The van der Waals surface area contributed by atoms with Gasteiger partial charge in [0.15, 0.2) is 6.10 Å². The van der Waals surface area contributed by atoms with E-state index in [2.05, 4.69) is 5.32 Å². The maximum Gasteiger partial charge on any atom is 0.311 e. The molecule has 1 atom stereocenters. The minimum atomic E-state index is -1.06. The van der Waals surface area contributed by atoms with Gasteiger partial charge in [-0.2, -0.15) is 0 Å². The number of hydrogen-bond donors (Lipinski definition) is 1. The Morgan fingerprint density at radius 1 is 1.17 bits per heavy atom. The molecule has 0 bridgehead atoms. The third kappa shape index (κ3) is 4.87. The van der Waals surface area contributed by atoms with Gasteiger partial charge in [-0.25, -0.2) is 8.78 Å². The predicted octanol–water partition coefficient (Wildman–Crippen LogP) is 3.39. The van der Waals surface area contributed by atoms with Gasteiger partial charge in [0.2, 0.25) is 0 Å². The van der Waals surface area contributed by atoms with Crippen LogP contribution in [0.15, 0.2) is 42.5 Å². The molecule has 1 amide bonds. The fourth-order valence-electron chi connectivity index (χ4n) is 2.02. The van der Waals surface area contributed by atoms with E-state index in [1.807, 2.05) is 0 Å². The highest BCUT2D eigenvalue weighted by Crippen LogP contribution is 2.14. The smallest absolute Gasteiger partial charge is 0.311 e. The van der Waals surface area contributed by atoms with Crippen LogP contribution in [0.5, 0.6) is 0 Å². The van der Waals surface area contributed by atoms with Gasteiger partial charge < -0.3 is 10.1 Å². The van der Waals surface area contributed by atoms with E-state index >= 15 is 0 Å². The first-order chi connectivity index (χ1) is 11.3. The van der Waals surface area contributed by atoms with Crippen molar-refractivity contribution in [3.8, 4) is 0 Å². The molecule has 0 spiro atoms. The Labute approximate surface area is 138 Å². The SMILES string of the molecule is Cc1ccc(NC(=O)[C@H](C)OC(=O)Cc2cccc(F)c2)cc1F. The Morgan fingerprint density at radius 2 is 1.92 bits per heavy atom. The second-order valence-corrected chi connectivity index (χ2v) is 5.39. The number of rotatable bonds is 5. The zero-order chi connectivity index (χ0) is 17.7. The Balaban J connectivity index is 1.90. The lowest BCUT2D eigenvalue weighted by atomic mass is 10.1. The summed E-state index contributed by atoms with van der Waals surface area (Å²) in [5.41, 5.74) is 1.19. The van der Waals surface area contributed by atoms with Gasteiger partial charge in [-0.1, -0.05) is 18.2 Å². The normalized spacial score (nSPS) is 11.7. The Hall–Kier alpha value is -2.76. The predicted molar refractivity (Wildman–Crippen MR) is 85.4 cm³/mol. The number of benzene rings is 2. The molecule has 0 unspecified atom stereocenters. The molecule has 0 aliphatic heterocycles. The van der Waals surface area contributed by atoms with Crippen LogP contribution in [0.1, 0.15) is 18.1 Å². The Bertz CT molecular complexity index is 762. The third-order valence-electron chi connectivity index (χ3n) is 3.35. The first-order valence-corrected chi connectivity index (χ1v) is 7.36. The summed E-state index contributed by atoms with van der Waals surface area (Å²) in [6.07, 6.45) is -1.20. The van der Waals surface area contributed by atoms with Crippen LogP contribution in [-0.2, 0) is 20.7 Å². The third-order valence-corrected chi connectivity index (χ3v) is 3.35. The number of halogens is 2. The average molecular weight is 333 g/mol. The minimum absolute atomic E-state index is 0.144. The van der Waals surface area contributed by atoms with Gasteiger partial charge in [0.25, 0.3) is 5.91 Å². The Morgan fingerprint density at radius 3 is 2.58 bits per heavy atom. The number of ether oxygens (including phenoxy) is 1. The molecule has 0 aliphatic rings. The van der Waals surface area contributed by atoms with Gasteiger partial charge in [-0.15, -0.1) is 0 Å². The van der Waals surface area contributed by atoms with Crippen molar-refractivity contribution in [2.45, 2.75) is 26.4 Å². The fourth-order valence-corrected chi connectivity index (χ4v) is 2.02. The summed E-state index contributed by atoms with van der Waals surface area (Å²) in [4.78, 5) is 23.8. The second-order valence-electron chi connectivity index (χ2n) is 5.39. The van der Waals surface area contributed by atoms with E-state index in [1.165, 1.54) is 37.3 Å². The maximum absolute atomic E-state index is 13.4. The number of nitrogens with one attached hydrogen (secondary N) is 1. The Kier molecular flexibility index (Phi) is 5.63. The molecule has 0 radical (unpaired) electrons. The minimum Gasteiger partial charge on any atom is -0.452 e. The van der Waals surface area contributed by atoms with E-state index in [1.54, 1.807) is 19.1 Å². The van der Waals surface area contributed by atoms with Crippen LogP contribution in [0.4, 0.5) is 14.5 Å². The van der Waals surface area contributed by atoms with E-state index < -0.39 is 29.6 Å². The summed E-state index contributed by atoms with van der Waals surface area (Å²) < 4.78 is 31.5. The van der Waals surface area contributed by atoms with Gasteiger partial charge in [-0.05, 0) is 49.2 Å². The summed E-state index contributed by atoms with van der Waals surface area (Å²) in [7, 11) is 0. The van der Waals surface area contributed by atoms with Crippen molar-refractivity contribution in [2.24, 2.45) is 0 Å². The van der Waals surface area contributed by atoms with Gasteiger partial charge in [-0.3, -0.25) is 9.59 Å². The molecule has 2 aromatic rings. The van der Waals surface area contributed by atoms with Crippen molar-refractivity contribution < 1.29 is 23.1 Å². The monoisotopic (exact) mass is 333 g/mol. The molecule has 0 aromatic heterocycles. The lowest BCUT2D eigenvalue weighted by Crippen LogP contribution is -2.30. The molecule has 0 fully saturated rings. The number of aryl methyl sites for hydroxylation is 1. The molecule has 1 N–H and O–H groups in total. The maximum atomic E-state index is 13.4. The van der Waals surface area contributed by atoms with Crippen LogP contribution in [0, 0.1) is 18.6 Å². The lowest BCUT2D eigenvalue weighted by molar-refractivity contribution is -0.152. The number of carbonyl (C=O) groups is 2. The first-order valence-electron chi connectivity index (χ1n) is 7.36. The molecule has 0 saturated heterocycles. The number of esters is 1. The van der Waals surface area contributed by atoms with Crippen molar-refractivity contribution >= 4 is 17.6 Å². The van der Waals surface area contributed by atoms with E-state index in [-0.39, 0.29) is 12.1 Å². The van der Waals surface area contributed by atoms with Crippen LogP contribution in [0.3, 0.4) is 0 Å². The van der Waals surface area contributed by atoms with Crippen LogP contribution in [0.2, 0.25) is 0 Å². The van der Waals surface area contributed by atoms with Crippen LogP contribution >= 0.6 is 0 Å². The van der Waals surface area contributed by atoms with Crippen LogP contribution in [-0.4, -0.2) is 18.0 Å². The first kappa shape index (κ1) is 17.6. The molecule has 6 heteroatoms. The van der Waals surface area contributed by atoms with E-state index in [0.29, 0.717) is 11.1 Å². The average Bonchev–Trinajstić information content (AvgIpc) is 2.50. The summed E-state index contributed by atoms with van der Waals surface area (Å²) in [6.45, 7) is 3.01. The number of anilines is 1. The highest BCUT2D eigenvalue weighted by Gasteiger charge is 2.18. The largest absolute Gasteiger partial charge is 0.452 e. The zero-order valence-corrected chi connectivity index (χ0v) is 13.3. The molecule has 0 saturated carbocycles. The quantitative estimate of drug-likeness (QED) is 0.854. The summed E-state index contributed by atoms with van der Waals surface area (Å²) in [5, 5.41) is 2.47. The molecule has 126 valence electrons. The summed E-state index contributed by atoms with van der Waals surface area (Å²) >= 11 is 0. The number of amides is 1. The van der Waals surface area contributed by atoms with Gasteiger partial charge in [0.05, 0.1) is 6.42 Å². The van der Waals surface area contributed by atoms with Crippen molar-refractivity contribution in [2.75, 3.05) is 5.32 Å². The van der Waals surface area contributed by atoms with E-state index in [9.17, 15) is 18.4 Å². The molecule has 2 aromatic carbocycles. The summed E-state index contributed by atoms with van der Waals surface area (Å²) in [6, 6.07) is 9.84. The highest BCUT2D eigenvalue weighted by molar-refractivity contribution is 5.95. The molecule has 2 rings (SSSR count). The standard InChI is InChI=1S/C18H17F2NO3/c1-11-6-7-15(10-16(11)20)21-18(23)12(2)24-17(22)9-13-4-3-5-14(19)8-13/h3-8,10,12H,9H2,1-2H3,(H,21,23)/t12-/m0/s1. The lowest BCUT2D eigenvalue weighted by Gasteiger charge is -2.14. The van der Waals surface area contributed by atoms with Gasteiger partial charge in [0, 0.05) is 5.69 Å². The van der Waals surface area contributed by atoms with Crippen molar-refractivity contribution in [3.63, 3.8) is 0 Å². The second kappa shape index (κ2) is 7.68. The molecule has 4 nitrogen and oxygen atoms in total. The molecule has 0 aliphatic carbocycles. The molecule has 0 heterocycles. The van der Waals surface area contributed by atoms with Crippen LogP contribution < -0.4 is 5.32 Å². The van der Waals surface area contributed by atoms with Crippen LogP contribution in [0.25, 0.3) is 0 Å². The number of carbonyl (C=O) groups excluding carboxylic acids is 2. The van der Waals surface area contributed by atoms with Crippen molar-refractivity contribution in [1.82, 2.24) is 0 Å². The van der Waals surface area contributed by atoms with Crippen molar-refractivity contribution in [3.05, 3.63) is 65.2 Å². The number of hydrogen-bond acceptors (Lipinski definition) is 3. The summed E-state index contributed by atoms with van der Waals surface area (Å²) in [5.74, 6) is -2.12. The molecule has 24 heavy (non-hydrogen) atoms. The fraction of sp³-hybridized carbons (Fsp3) is 0.222. The molecular weight excluding hydrogens is 316 g/mol. The van der Waals surface area contributed by atoms with Gasteiger partial charge in [0.1, 0.15) is 11.6 Å². The van der Waals surface area contributed by atoms with E-state index in [0.717, 1.165) is 0 Å². The van der Waals surface area contributed by atoms with Crippen molar-refractivity contribution in [1.29, 1.82) is 0 Å². The zero-order valence-electron chi connectivity index (χ0n) is 13.3. The van der Waals surface area contributed by atoms with E-state index in [4.69, 9.17) is 4.74 Å². The highest BCUT2D eigenvalue weighted by atomic mass is 19.1. The molecular formula is C18H17F2NO3. The topological polar surface area (TPSA) is 55.4 Å². The van der Waals surface area contributed by atoms with Gasteiger partial charge >= 0.3 is 5.97 Å².